The van der Waals surface area contributed by atoms with Gasteiger partial charge in [-0.15, -0.1) is 0 Å². The predicted molar refractivity (Wildman–Crippen MR) is 91.2 cm³/mol. The highest BCUT2D eigenvalue weighted by Gasteiger charge is 2.37. The summed E-state index contributed by atoms with van der Waals surface area (Å²) in [6.07, 6.45) is 2.49. The predicted octanol–water partition coefficient (Wildman–Crippen LogP) is 3.99. The molecule has 0 heterocycles. The van der Waals surface area contributed by atoms with Crippen molar-refractivity contribution in [1.82, 2.24) is 0 Å². The van der Waals surface area contributed by atoms with Gasteiger partial charge in [0.05, 0.1) is 11.1 Å². The lowest BCUT2D eigenvalue weighted by Gasteiger charge is -2.39. The van der Waals surface area contributed by atoms with Gasteiger partial charge >= 0.3 is 0 Å². The number of hydrogen-bond donors (Lipinski definition) is 1. The number of thiocyanates is 1. The van der Waals surface area contributed by atoms with Crippen molar-refractivity contribution in [1.29, 1.82) is 5.26 Å². The first-order valence-electron chi connectivity index (χ1n) is 7.42. The van der Waals surface area contributed by atoms with E-state index in [0.717, 1.165) is 0 Å². The van der Waals surface area contributed by atoms with E-state index in [-0.39, 0.29) is 0 Å². The molecule has 0 aromatic carbocycles. The highest BCUT2D eigenvalue weighted by Crippen LogP contribution is 2.28. The van der Waals surface area contributed by atoms with E-state index in [1.54, 1.807) is 0 Å². The molecule has 0 atom stereocenters. The lowest BCUT2D eigenvalue weighted by atomic mass is 9.77. The number of nitrogens with zero attached hydrogens (tertiary/aromatic N) is 1. The maximum Gasteiger partial charge on any atom is 0.0913 e. The molecule has 0 bridgehead atoms. The van der Waals surface area contributed by atoms with Crippen LogP contribution in [0.5, 0.6) is 0 Å². The number of quaternary nitrogens is 1. The topological polar surface area (TPSA) is 40.4 Å². The molecule has 0 rings (SSSR count). The van der Waals surface area contributed by atoms with Crippen molar-refractivity contribution in [2.45, 2.75) is 93.2 Å². The van der Waals surface area contributed by atoms with Gasteiger partial charge in [0.2, 0.25) is 0 Å². The molecule has 3 heteroatoms. The zero-order valence-electron chi connectivity index (χ0n) is 15.3. The molecule has 0 aliphatic rings. The number of hydrogen-bond acceptors (Lipinski definition) is 2. The first-order valence-corrected chi connectivity index (χ1v) is 7.83. The maximum absolute atomic E-state index is 7.13. The van der Waals surface area contributed by atoms with Crippen LogP contribution in [0.25, 0.3) is 0 Å². The quantitative estimate of drug-likeness (QED) is 0.630. The Bertz CT molecular complexity index is 285. The molecule has 2 nitrogen and oxygen atoms in total. The Morgan fingerprint density at radius 2 is 0.950 bits per heavy atom. The van der Waals surface area contributed by atoms with Crippen LogP contribution in [-0.2, 0) is 12.6 Å². The van der Waals surface area contributed by atoms with Gasteiger partial charge in [0.25, 0.3) is 0 Å². The van der Waals surface area contributed by atoms with Crippen LogP contribution in [0.1, 0.15) is 82.1 Å². The molecule has 0 aliphatic heterocycles. The van der Waals surface area contributed by atoms with Crippen molar-refractivity contribution in [3.8, 4) is 5.40 Å². The minimum absolute atomic E-state index is 0.312. The largest absolute Gasteiger partial charge is 0.696 e. The molecule has 0 unspecified atom stereocenters. The van der Waals surface area contributed by atoms with Crippen molar-refractivity contribution < 1.29 is 5.32 Å². The SMILES string of the molecule is CC(C)(C)CC(C)(C)[NH2+]C(C)(C)CC(C)(C)C.N#C[S-]. The minimum Gasteiger partial charge on any atom is -0.696 e. The highest BCUT2D eigenvalue weighted by molar-refractivity contribution is 7.64. The summed E-state index contributed by atoms with van der Waals surface area (Å²) in [5.41, 5.74) is 1.43. The fourth-order valence-electron chi connectivity index (χ4n) is 3.89. The minimum atomic E-state index is 0.312. The molecular weight excluding hydrogens is 264 g/mol. The fraction of sp³-hybridized carbons (Fsp3) is 0.941. The van der Waals surface area contributed by atoms with Crippen LogP contribution in [0.2, 0.25) is 0 Å². The van der Waals surface area contributed by atoms with Gasteiger partial charge in [0.1, 0.15) is 0 Å². The van der Waals surface area contributed by atoms with Crippen molar-refractivity contribution >= 4 is 12.6 Å². The van der Waals surface area contributed by atoms with Gasteiger partial charge in [-0.1, -0.05) is 46.9 Å². The summed E-state index contributed by atoms with van der Waals surface area (Å²) in [6, 6.07) is 0. The Morgan fingerprint density at radius 1 is 0.750 bits per heavy atom. The summed E-state index contributed by atoms with van der Waals surface area (Å²) in [7, 11) is 0. The smallest absolute Gasteiger partial charge is 0.0913 e. The third-order valence-corrected chi connectivity index (χ3v) is 2.75. The number of nitrogens with two attached hydrogens (primary N) is 1. The van der Waals surface area contributed by atoms with E-state index in [1.807, 2.05) is 0 Å². The van der Waals surface area contributed by atoms with Crippen LogP contribution in [0.15, 0.2) is 0 Å². The molecular formula is C17H36N2S. The number of rotatable bonds is 4. The molecule has 0 radical (unpaired) electrons. The van der Waals surface area contributed by atoms with E-state index in [2.05, 4.69) is 87.2 Å². The second-order valence-corrected chi connectivity index (χ2v) is 9.87. The Morgan fingerprint density at radius 3 is 1.10 bits per heavy atom. The second kappa shape index (κ2) is 7.61. The molecule has 2 N–H and O–H groups in total. The van der Waals surface area contributed by atoms with Crippen molar-refractivity contribution in [3.63, 3.8) is 0 Å². The Hall–Kier alpha value is -0.330. The molecule has 20 heavy (non-hydrogen) atoms. The van der Waals surface area contributed by atoms with Gasteiger partial charge in [-0.3, -0.25) is 0 Å². The Kier molecular flexibility index (Phi) is 8.36. The van der Waals surface area contributed by atoms with E-state index in [9.17, 15) is 0 Å². The summed E-state index contributed by atoms with van der Waals surface area (Å²) in [6.45, 7) is 23.5. The second-order valence-electron chi connectivity index (χ2n) is 9.69. The van der Waals surface area contributed by atoms with E-state index in [1.165, 1.54) is 18.2 Å². The van der Waals surface area contributed by atoms with Gasteiger partial charge in [0, 0.05) is 12.8 Å². The van der Waals surface area contributed by atoms with Gasteiger partial charge in [0.15, 0.2) is 0 Å². The third kappa shape index (κ3) is 15.7. The van der Waals surface area contributed by atoms with E-state index in [0.29, 0.717) is 21.9 Å². The number of nitriles is 1. The average molecular weight is 301 g/mol. The molecule has 0 fully saturated rings. The van der Waals surface area contributed by atoms with Crippen LogP contribution in [0, 0.1) is 21.5 Å². The van der Waals surface area contributed by atoms with Gasteiger partial charge in [-0.2, -0.15) is 0 Å². The average Bonchev–Trinajstić information content (AvgIpc) is 1.89. The summed E-state index contributed by atoms with van der Waals surface area (Å²) < 4.78 is 0. The summed E-state index contributed by atoms with van der Waals surface area (Å²) in [5, 5.41) is 11.0. The zero-order valence-corrected chi connectivity index (χ0v) is 16.2. The van der Waals surface area contributed by atoms with Crippen LogP contribution in [0.4, 0.5) is 0 Å². The monoisotopic (exact) mass is 300 g/mol. The summed E-state index contributed by atoms with van der Waals surface area (Å²) in [4.78, 5) is 0. The molecule has 0 aromatic rings. The van der Waals surface area contributed by atoms with Crippen molar-refractivity contribution in [2.24, 2.45) is 10.8 Å². The normalized spacial score (nSPS) is 13.2. The third-order valence-electron chi connectivity index (χ3n) is 2.75. The van der Waals surface area contributed by atoms with Crippen LogP contribution in [0.3, 0.4) is 0 Å². The zero-order chi connectivity index (χ0) is 16.8. The summed E-state index contributed by atoms with van der Waals surface area (Å²) >= 11 is 3.70. The van der Waals surface area contributed by atoms with Gasteiger partial charge in [-0.25, -0.2) is 5.26 Å². The molecule has 0 saturated carbocycles. The van der Waals surface area contributed by atoms with Crippen LogP contribution < -0.4 is 5.32 Å². The van der Waals surface area contributed by atoms with Crippen molar-refractivity contribution in [2.75, 3.05) is 0 Å². The van der Waals surface area contributed by atoms with Crippen LogP contribution >= 0.6 is 0 Å². The van der Waals surface area contributed by atoms with E-state index >= 15 is 0 Å². The van der Waals surface area contributed by atoms with E-state index < -0.39 is 0 Å². The van der Waals surface area contributed by atoms with Gasteiger partial charge in [-0.05, 0) is 38.5 Å². The Balaban J connectivity index is 0. The molecule has 0 spiro atoms. The first-order chi connectivity index (χ1) is 8.54. The Labute approximate surface area is 133 Å². The lowest BCUT2D eigenvalue weighted by Crippen LogP contribution is -3.04. The fourth-order valence-corrected chi connectivity index (χ4v) is 3.89. The molecule has 0 aromatic heterocycles. The maximum atomic E-state index is 7.13. The highest BCUT2D eigenvalue weighted by atomic mass is 32.1. The molecule has 120 valence electrons. The summed E-state index contributed by atoms with van der Waals surface area (Å²) in [5.74, 6) is 0. The van der Waals surface area contributed by atoms with Gasteiger partial charge < -0.3 is 17.9 Å². The molecule has 0 aliphatic carbocycles. The lowest BCUT2D eigenvalue weighted by molar-refractivity contribution is -0.782. The van der Waals surface area contributed by atoms with E-state index in [4.69, 9.17) is 5.26 Å². The molecule has 0 amide bonds. The van der Waals surface area contributed by atoms with Crippen molar-refractivity contribution in [3.05, 3.63) is 0 Å². The first kappa shape index (κ1) is 22.0. The van der Waals surface area contributed by atoms with Crippen LogP contribution in [-0.4, -0.2) is 11.1 Å². The standard InChI is InChI=1S/C16H35N.CHNS/c1-13(2,3)11-15(7,8)17-16(9,10)12-14(4,5)6;2-1-3/h17H,11-12H2,1-10H3;3H. The molecule has 0 saturated heterocycles.